The predicted octanol–water partition coefficient (Wildman–Crippen LogP) is 2.80. The molecular formula is C22H25F3N6O3. The van der Waals surface area contributed by atoms with Crippen LogP contribution in [0.5, 0.6) is 5.75 Å². The summed E-state index contributed by atoms with van der Waals surface area (Å²) in [6, 6.07) is 5.20. The minimum absolute atomic E-state index is 0.132. The quantitative estimate of drug-likeness (QED) is 0.644. The molecule has 0 spiro atoms. The molecule has 2 fully saturated rings. The van der Waals surface area contributed by atoms with Gasteiger partial charge in [-0.1, -0.05) is 12.1 Å². The number of halogens is 3. The first-order valence-corrected chi connectivity index (χ1v) is 11.0. The molecule has 182 valence electrons. The van der Waals surface area contributed by atoms with E-state index in [0.717, 1.165) is 12.8 Å². The first-order valence-electron chi connectivity index (χ1n) is 11.0. The molecule has 2 aliphatic heterocycles. The minimum atomic E-state index is -4.74. The highest BCUT2D eigenvalue weighted by Crippen LogP contribution is 2.32. The van der Waals surface area contributed by atoms with Crippen molar-refractivity contribution in [1.82, 2.24) is 30.3 Å². The van der Waals surface area contributed by atoms with E-state index < -0.39 is 6.36 Å². The van der Waals surface area contributed by atoms with Gasteiger partial charge in [-0.2, -0.15) is 5.10 Å². The van der Waals surface area contributed by atoms with E-state index in [0.29, 0.717) is 49.4 Å². The van der Waals surface area contributed by atoms with Crippen molar-refractivity contribution in [2.24, 2.45) is 11.8 Å². The molecule has 0 bridgehead atoms. The number of hydrogen-bond acceptors (Lipinski definition) is 5. The van der Waals surface area contributed by atoms with Gasteiger partial charge in [-0.25, -0.2) is 9.78 Å². The summed E-state index contributed by atoms with van der Waals surface area (Å²) in [6.07, 6.45) is 1.27. The summed E-state index contributed by atoms with van der Waals surface area (Å²) in [7, 11) is 0. The smallest absolute Gasteiger partial charge is 0.406 e. The maximum absolute atomic E-state index is 12.6. The highest BCUT2D eigenvalue weighted by Gasteiger charge is 2.37. The fourth-order valence-corrected chi connectivity index (χ4v) is 4.37. The second-order valence-electron chi connectivity index (χ2n) is 8.37. The van der Waals surface area contributed by atoms with Crippen molar-refractivity contribution in [2.45, 2.75) is 25.7 Å². The molecule has 2 saturated heterocycles. The number of aromatic nitrogens is 3. The van der Waals surface area contributed by atoms with Crippen molar-refractivity contribution in [2.75, 3.05) is 26.2 Å². The molecule has 1 aromatic carbocycles. The van der Waals surface area contributed by atoms with Crippen LogP contribution in [0.1, 0.15) is 24.2 Å². The van der Waals surface area contributed by atoms with Gasteiger partial charge >= 0.3 is 12.4 Å². The van der Waals surface area contributed by atoms with Gasteiger partial charge in [-0.15, -0.1) is 13.2 Å². The fraction of sp³-hybridized carbons (Fsp3) is 0.455. The number of H-pyrrole nitrogens is 1. The van der Waals surface area contributed by atoms with Gasteiger partial charge in [0.25, 0.3) is 0 Å². The molecule has 12 heteroatoms. The number of rotatable bonds is 5. The lowest BCUT2D eigenvalue weighted by molar-refractivity contribution is -0.274. The van der Waals surface area contributed by atoms with Crippen LogP contribution in [0.4, 0.5) is 18.0 Å². The number of alkyl halides is 3. The zero-order valence-electron chi connectivity index (χ0n) is 18.3. The van der Waals surface area contributed by atoms with E-state index in [9.17, 15) is 22.8 Å². The number of fused-ring (bicyclic) bond motifs is 1. The van der Waals surface area contributed by atoms with Crippen molar-refractivity contribution in [3.05, 3.63) is 48.1 Å². The third-order valence-electron chi connectivity index (χ3n) is 6.12. The average Bonchev–Trinajstić information content (AvgIpc) is 3.42. The molecule has 4 rings (SSSR count). The number of likely N-dealkylation sites (tertiary alicyclic amines) is 2. The van der Waals surface area contributed by atoms with Gasteiger partial charge in [0.05, 0.1) is 6.54 Å². The minimum Gasteiger partial charge on any atom is -0.406 e. The Morgan fingerprint density at radius 3 is 2.38 bits per heavy atom. The van der Waals surface area contributed by atoms with Crippen LogP contribution >= 0.6 is 0 Å². The third kappa shape index (κ3) is 6.27. The molecule has 3 amide bonds. The number of nitrogens with one attached hydrogen (secondary N) is 2. The average molecular weight is 478 g/mol. The van der Waals surface area contributed by atoms with E-state index in [1.807, 2.05) is 4.90 Å². The molecule has 34 heavy (non-hydrogen) atoms. The van der Waals surface area contributed by atoms with Crippen molar-refractivity contribution >= 4 is 18.0 Å². The SMILES string of the molecule is O=C(C=Cc1ccc(OC(F)(F)F)cc1)N1CC[C@@H]2CN(C(=O)NCc3ncn[nH]3)C[C@@H]2CC1. The number of benzene rings is 1. The molecule has 0 unspecified atom stereocenters. The maximum atomic E-state index is 12.6. The van der Waals surface area contributed by atoms with Crippen molar-refractivity contribution in [1.29, 1.82) is 0 Å². The number of amides is 3. The van der Waals surface area contributed by atoms with Crippen LogP contribution in [-0.4, -0.2) is 69.5 Å². The van der Waals surface area contributed by atoms with Gasteiger partial charge in [-0.05, 0) is 48.4 Å². The van der Waals surface area contributed by atoms with Crippen molar-refractivity contribution in [3.63, 3.8) is 0 Å². The highest BCUT2D eigenvalue weighted by atomic mass is 19.4. The number of nitrogens with zero attached hydrogens (tertiary/aromatic N) is 4. The van der Waals surface area contributed by atoms with Gasteiger partial charge in [0.15, 0.2) is 0 Å². The Bertz CT molecular complexity index is 994. The van der Waals surface area contributed by atoms with Gasteiger partial charge in [-0.3, -0.25) is 9.89 Å². The standard InChI is InChI=1S/C22H25F3N6O3/c23-22(24,25)34-18-4-1-15(2-5-18)3-6-20(32)30-9-7-16-12-31(13-17(16)8-10-30)21(33)26-11-19-27-14-28-29-19/h1-6,14,16-17H,7-13H2,(H,26,33)(H,27,28,29)/t16-,17+. The molecular weight excluding hydrogens is 453 g/mol. The largest absolute Gasteiger partial charge is 0.573 e. The molecule has 2 aliphatic rings. The van der Waals surface area contributed by atoms with E-state index in [-0.39, 0.29) is 24.2 Å². The molecule has 1 aromatic heterocycles. The van der Waals surface area contributed by atoms with Crippen LogP contribution in [-0.2, 0) is 11.3 Å². The molecule has 0 radical (unpaired) electrons. The summed E-state index contributed by atoms with van der Waals surface area (Å²) < 4.78 is 40.6. The second kappa shape index (κ2) is 10.1. The predicted molar refractivity (Wildman–Crippen MR) is 115 cm³/mol. The summed E-state index contributed by atoms with van der Waals surface area (Å²) >= 11 is 0. The Labute approximate surface area is 194 Å². The molecule has 0 aliphatic carbocycles. The lowest BCUT2D eigenvalue weighted by Gasteiger charge is -2.21. The van der Waals surface area contributed by atoms with E-state index in [1.54, 1.807) is 11.0 Å². The molecule has 2 aromatic rings. The molecule has 2 atom stereocenters. The lowest BCUT2D eigenvalue weighted by atomic mass is 9.92. The zero-order valence-corrected chi connectivity index (χ0v) is 18.3. The summed E-state index contributed by atoms with van der Waals surface area (Å²) in [4.78, 5) is 32.7. The Morgan fingerprint density at radius 2 is 1.79 bits per heavy atom. The van der Waals surface area contributed by atoms with Crippen LogP contribution < -0.4 is 10.1 Å². The topological polar surface area (TPSA) is 103 Å². The Balaban J connectivity index is 1.24. The van der Waals surface area contributed by atoms with E-state index in [2.05, 4.69) is 25.2 Å². The lowest BCUT2D eigenvalue weighted by Crippen LogP contribution is -2.39. The fourth-order valence-electron chi connectivity index (χ4n) is 4.37. The number of ether oxygens (including phenoxy) is 1. The van der Waals surface area contributed by atoms with E-state index in [4.69, 9.17) is 0 Å². The molecule has 0 saturated carbocycles. The van der Waals surface area contributed by atoms with Gasteiger partial charge in [0.1, 0.15) is 17.9 Å². The molecule has 2 N–H and O–H groups in total. The van der Waals surface area contributed by atoms with Crippen LogP contribution in [0.3, 0.4) is 0 Å². The van der Waals surface area contributed by atoms with Crippen molar-refractivity contribution < 1.29 is 27.5 Å². The van der Waals surface area contributed by atoms with Gasteiger partial charge in [0, 0.05) is 32.3 Å². The van der Waals surface area contributed by atoms with E-state index >= 15 is 0 Å². The summed E-state index contributed by atoms with van der Waals surface area (Å²) in [6.45, 7) is 2.78. The second-order valence-corrected chi connectivity index (χ2v) is 8.37. The summed E-state index contributed by atoms with van der Waals surface area (Å²) in [5.74, 6) is 0.806. The monoisotopic (exact) mass is 478 g/mol. The van der Waals surface area contributed by atoms with Gasteiger partial charge in [0.2, 0.25) is 5.91 Å². The normalized spacial score (nSPS) is 20.8. The number of carbonyl (C=O) groups is 2. The summed E-state index contributed by atoms with van der Waals surface area (Å²) in [5, 5.41) is 9.30. The van der Waals surface area contributed by atoms with Crippen LogP contribution in [0.15, 0.2) is 36.7 Å². The Hall–Kier alpha value is -3.57. The first-order chi connectivity index (χ1) is 16.3. The Morgan fingerprint density at radius 1 is 1.12 bits per heavy atom. The van der Waals surface area contributed by atoms with Crippen LogP contribution in [0, 0.1) is 11.8 Å². The van der Waals surface area contributed by atoms with Crippen molar-refractivity contribution in [3.8, 4) is 5.75 Å². The highest BCUT2D eigenvalue weighted by molar-refractivity contribution is 5.91. The number of aromatic amines is 1. The maximum Gasteiger partial charge on any atom is 0.573 e. The molecule has 9 nitrogen and oxygen atoms in total. The third-order valence-corrected chi connectivity index (χ3v) is 6.12. The zero-order chi connectivity index (χ0) is 24.1. The summed E-state index contributed by atoms with van der Waals surface area (Å²) in [5.41, 5.74) is 0.599. The van der Waals surface area contributed by atoms with E-state index in [1.165, 1.54) is 36.7 Å². The first kappa shape index (κ1) is 23.6. The van der Waals surface area contributed by atoms with Crippen LogP contribution in [0.25, 0.3) is 6.08 Å². The number of urea groups is 1. The molecule has 3 heterocycles. The Kier molecular flexibility index (Phi) is 7.03. The number of carbonyl (C=O) groups excluding carboxylic acids is 2. The van der Waals surface area contributed by atoms with Crippen LogP contribution in [0.2, 0.25) is 0 Å². The van der Waals surface area contributed by atoms with Gasteiger partial charge < -0.3 is 19.9 Å². The number of hydrogen-bond donors (Lipinski definition) is 2.